The van der Waals surface area contributed by atoms with E-state index in [1.165, 1.54) is 6.92 Å². The average molecular weight is 531 g/mol. The summed E-state index contributed by atoms with van der Waals surface area (Å²) in [5.41, 5.74) is 2.43. The van der Waals surface area contributed by atoms with Gasteiger partial charge < -0.3 is 20.1 Å². The molecule has 37 heavy (non-hydrogen) atoms. The summed E-state index contributed by atoms with van der Waals surface area (Å²) in [6.07, 6.45) is -10.5. The van der Waals surface area contributed by atoms with Gasteiger partial charge in [-0.15, -0.1) is 0 Å². The number of carbonyl (C=O) groups excluding carboxylic acids is 1. The van der Waals surface area contributed by atoms with Crippen LogP contribution in [0, 0.1) is 0 Å². The largest absolute Gasteiger partial charge is 0.416 e. The number of morpholine rings is 1. The normalized spacial score (nSPS) is 25.5. The maximum Gasteiger partial charge on any atom is 0.416 e. The molecule has 1 saturated heterocycles. The van der Waals surface area contributed by atoms with E-state index in [1.54, 1.807) is 4.90 Å². The molecule has 2 N–H and O–H groups in total. The van der Waals surface area contributed by atoms with Crippen LogP contribution >= 0.6 is 0 Å². The molecule has 1 unspecified atom stereocenters. The van der Waals surface area contributed by atoms with Crippen LogP contribution in [0.3, 0.4) is 0 Å². The molecule has 11 heteroatoms. The van der Waals surface area contributed by atoms with Crippen LogP contribution in [-0.4, -0.2) is 49.3 Å². The molecule has 2 aromatic rings. The highest BCUT2D eigenvalue weighted by Crippen LogP contribution is 2.51. The Morgan fingerprint density at radius 3 is 2.05 bits per heavy atom. The van der Waals surface area contributed by atoms with Gasteiger partial charge in [-0.05, 0) is 49.1 Å². The van der Waals surface area contributed by atoms with Gasteiger partial charge >= 0.3 is 12.4 Å². The van der Waals surface area contributed by atoms with Gasteiger partial charge in [-0.25, -0.2) is 0 Å². The molecule has 0 spiro atoms. The predicted molar refractivity (Wildman–Crippen MR) is 122 cm³/mol. The second kappa shape index (κ2) is 9.92. The molecule has 2 aliphatic rings. The SMILES string of the molecule is CC(OCC1(c2ccccc2)CC(N)(C(=O)N2CCOCC2)C1)c1cc(C(F)(F)F)cc(C(F)(F)F)c1. The van der Waals surface area contributed by atoms with Crippen molar-refractivity contribution in [2.24, 2.45) is 5.73 Å². The van der Waals surface area contributed by atoms with Crippen molar-refractivity contribution in [2.45, 2.75) is 49.2 Å². The van der Waals surface area contributed by atoms with E-state index in [-0.39, 0.29) is 37.0 Å². The van der Waals surface area contributed by atoms with Crippen LogP contribution in [0.2, 0.25) is 0 Å². The molecule has 1 heterocycles. The van der Waals surface area contributed by atoms with Crippen LogP contribution in [0.25, 0.3) is 0 Å². The Hall–Kier alpha value is -2.63. The van der Waals surface area contributed by atoms with Gasteiger partial charge in [0.15, 0.2) is 0 Å². The zero-order valence-electron chi connectivity index (χ0n) is 20.2. The van der Waals surface area contributed by atoms with Gasteiger partial charge in [0, 0.05) is 18.5 Å². The number of carbonyl (C=O) groups is 1. The van der Waals surface area contributed by atoms with Gasteiger partial charge in [-0.3, -0.25) is 4.79 Å². The highest BCUT2D eigenvalue weighted by atomic mass is 19.4. The van der Waals surface area contributed by atoms with E-state index in [9.17, 15) is 31.1 Å². The molecule has 1 atom stereocenters. The van der Waals surface area contributed by atoms with Crippen LogP contribution in [0.4, 0.5) is 26.3 Å². The monoisotopic (exact) mass is 530 g/mol. The molecule has 2 aromatic carbocycles. The molecule has 0 radical (unpaired) electrons. The summed E-state index contributed by atoms with van der Waals surface area (Å²) in [5.74, 6) is -0.205. The number of nitrogens with zero attached hydrogens (tertiary/aromatic N) is 1. The first-order valence-electron chi connectivity index (χ1n) is 11.9. The van der Waals surface area contributed by atoms with E-state index in [0.29, 0.717) is 38.4 Å². The average Bonchev–Trinajstić information content (AvgIpc) is 2.85. The molecule has 1 aliphatic carbocycles. The number of alkyl halides is 6. The molecule has 2 fully saturated rings. The maximum absolute atomic E-state index is 13.3. The van der Waals surface area contributed by atoms with Gasteiger partial charge in [-0.1, -0.05) is 30.3 Å². The number of amides is 1. The van der Waals surface area contributed by atoms with E-state index >= 15 is 0 Å². The van der Waals surface area contributed by atoms with E-state index in [1.807, 2.05) is 30.3 Å². The third-order valence-electron chi connectivity index (χ3n) is 7.11. The first-order valence-corrected chi connectivity index (χ1v) is 11.9. The standard InChI is InChI=1S/C26H28F6N2O3/c1-17(18-11-20(25(27,28)29)13-21(12-18)26(30,31)32)37-16-23(19-5-3-2-4-6-19)14-24(33,15-23)22(35)34-7-9-36-10-8-34/h2-6,11-13,17H,7-10,14-16,33H2,1H3. The summed E-state index contributed by atoms with van der Waals surface area (Å²) in [5, 5.41) is 0. The van der Waals surface area contributed by atoms with Crippen LogP contribution in [-0.2, 0) is 32.0 Å². The second-order valence-electron chi connectivity index (χ2n) is 9.85. The molecule has 1 aliphatic heterocycles. The van der Waals surface area contributed by atoms with Gasteiger partial charge in [0.2, 0.25) is 5.91 Å². The lowest BCUT2D eigenvalue weighted by Crippen LogP contribution is -2.69. The van der Waals surface area contributed by atoms with Crippen molar-refractivity contribution in [3.05, 3.63) is 70.8 Å². The lowest BCUT2D eigenvalue weighted by molar-refractivity contribution is -0.149. The highest BCUT2D eigenvalue weighted by molar-refractivity contribution is 5.88. The smallest absolute Gasteiger partial charge is 0.378 e. The first-order chi connectivity index (χ1) is 17.2. The summed E-state index contributed by atoms with van der Waals surface area (Å²) < 4.78 is 91.1. The number of nitrogens with two attached hydrogens (primary N) is 1. The second-order valence-corrected chi connectivity index (χ2v) is 9.85. The van der Waals surface area contributed by atoms with E-state index in [4.69, 9.17) is 15.2 Å². The Morgan fingerprint density at radius 2 is 1.54 bits per heavy atom. The minimum Gasteiger partial charge on any atom is -0.378 e. The van der Waals surface area contributed by atoms with Gasteiger partial charge in [0.05, 0.1) is 42.6 Å². The van der Waals surface area contributed by atoms with Gasteiger partial charge in [-0.2, -0.15) is 26.3 Å². The van der Waals surface area contributed by atoms with E-state index in [0.717, 1.165) is 5.56 Å². The molecular weight excluding hydrogens is 502 g/mol. The number of hydrogen-bond donors (Lipinski definition) is 1. The third kappa shape index (κ3) is 5.78. The van der Waals surface area contributed by atoms with Crippen molar-refractivity contribution in [3.8, 4) is 0 Å². The van der Waals surface area contributed by atoms with Crippen molar-refractivity contribution in [1.82, 2.24) is 4.90 Å². The summed E-state index contributed by atoms with van der Waals surface area (Å²) in [7, 11) is 0. The quantitative estimate of drug-likeness (QED) is 0.529. The molecule has 4 rings (SSSR count). The van der Waals surface area contributed by atoms with Crippen molar-refractivity contribution in [2.75, 3.05) is 32.9 Å². The van der Waals surface area contributed by atoms with Crippen LogP contribution in [0.15, 0.2) is 48.5 Å². The lowest BCUT2D eigenvalue weighted by atomic mass is 9.54. The molecule has 5 nitrogen and oxygen atoms in total. The summed E-state index contributed by atoms with van der Waals surface area (Å²) in [4.78, 5) is 14.8. The molecular formula is C26H28F6N2O3. The zero-order valence-corrected chi connectivity index (χ0v) is 20.2. The van der Waals surface area contributed by atoms with Gasteiger partial charge in [0.1, 0.15) is 0 Å². The first kappa shape index (κ1) is 27.4. The van der Waals surface area contributed by atoms with Crippen LogP contribution in [0.5, 0.6) is 0 Å². The number of benzene rings is 2. The predicted octanol–water partition coefficient (Wildman–Crippen LogP) is 5.09. The van der Waals surface area contributed by atoms with Crippen molar-refractivity contribution in [1.29, 1.82) is 0 Å². The minimum atomic E-state index is -4.95. The van der Waals surface area contributed by atoms with Crippen molar-refractivity contribution >= 4 is 5.91 Å². The van der Waals surface area contributed by atoms with Crippen molar-refractivity contribution in [3.63, 3.8) is 0 Å². The van der Waals surface area contributed by atoms with E-state index in [2.05, 4.69) is 0 Å². The Labute approximate surface area is 210 Å². The highest BCUT2D eigenvalue weighted by Gasteiger charge is 2.58. The van der Waals surface area contributed by atoms with Crippen LogP contribution < -0.4 is 5.73 Å². The number of hydrogen-bond acceptors (Lipinski definition) is 4. The summed E-state index contributed by atoms with van der Waals surface area (Å²) in [6.45, 7) is 3.07. The number of ether oxygens (including phenoxy) is 2. The molecule has 0 aromatic heterocycles. The van der Waals surface area contributed by atoms with Gasteiger partial charge in [0.25, 0.3) is 0 Å². The van der Waals surface area contributed by atoms with Crippen LogP contribution in [0.1, 0.15) is 48.1 Å². The Bertz CT molecular complexity index is 1080. The molecule has 1 amide bonds. The fourth-order valence-electron chi connectivity index (χ4n) is 5.16. The van der Waals surface area contributed by atoms with Crippen molar-refractivity contribution < 1.29 is 40.6 Å². The summed E-state index contributed by atoms with van der Waals surface area (Å²) >= 11 is 0. The lowest BCUT2D eigenvalue weighted by Gasteiger charge is -2.55. The molecule has 0 bridgehead atoms. The fraction of sp³-hybridized carbons (Fsp3) is 0.500. The Morgan fingerprint density at radius 1 is 1.00 bits per heavy atom. The van der Waals surface area contributed by atoms with E-state index < -0.39 is 40.5 Å². The fourth-order valence-corrected chi connectivity index (χ4v) is 5.16. The number of rotatable bonds is 6. The third-order valence-corrected chi connectivity index (χ3v) is 7.11. The molecule has 1 saturated carbocycles. The Kier molecular flexibility index (Phi) is 7.35. The number of halogens is 6. The summed E-state index contributed by atoms with van der Waals surface area (Å²) in [6, 6.07) is 10.6. The zero-order chi connectivity index (χ0) is 27.1. The Balaban J connectivity index is 1.56. The maximum atomic E-state index is 13.3. The minimum absolute atomic E-state index is 0.0366. The topological polar surface area (TPSA) is 64.8 Å². The molecule has 202 valence electrons.